The molecule has 1 fully saturated rings. The SMILES string of the molecule is CSC1CCCC1NC(=O)C(C#N)C(C)C. The quantitative estimate of drug-likeness (QED) is 0.819. The molecule has 0 heterocycles. The molecule has 1 aliphatic rings. The molecule has 16 heavy (non-hydrogen) atoms. The fourth-order valence-corrected chi connectivity index (χ4v) is 3.09. The van der Waals surface area contributed by atoms with Crippen molar-refractivity contribution in [3.63, 3.8) is 0 Å². The predicted octanol–water partition coefficient (Wildman–Crippen LogP) is 2.18. The van der Waals surface area contributed by atoms with Crippen LogP contribution in [0.1, 0.15) is 33.1 Å². The zero-order valence-corrected chi connectivity index (χ0v) is 11.0. The first-order valence-corrected chi connectivity index (χ1v) is 7.11. The largest absolute Gasteiger partial charge is 0.351 e. The predicted molar refractivity (Wildman–Crippen MR) is 67.0 cm³/mol. The molecule has 1 saturated carbocycles. The molecule has 4 heteroatoms. The number of amides is 1. The highest BCUT2D eigenvalue weighted by atomic mass is 32.2. The summed E-state index contributed by atoms with van der Waals surface area (Å²) in [5.41, 5.74) is 0. The van der Waals surface area contributed by atoms with Gasteiger partial charge in [-0.3, -0.25) is 4.79 Å². The van der Waals surface area contributed by atoms with Gasteiger partial charge in [-0.15, -0.1) is 0 Å². The molecule has 0 aromatic heterocycles. The Kier molecular flexibility index (Phi) is 5.14. The summed E-state index contributed by atoms with van der Waals surface area (Å²) in [6.45, 7) is 3.82. The van der Waals surface area contributed by atoms with Gasteiger partial charge in [0.15, 0.2) is 0 Å². The fraction of sp³-hybridized carbons (Fsp3) is 0.833. The van der Waals surface area contributed by atoms with Crippen LogP contribution >= 0.6 is 11.8 Å². The minimum absolute atomic E-state index is 0.0825. The van der Waals surface area contributed by atoms with Crippen molar-refractivity contribution in [1.29, 1.82) is 5.26 Å². The van der Waals surface area contributed by atoms with Gasteiger partial charge in [-0.05, 0) is 25.0 Å². The van der Waals surface area contributed by atoms with Crippen molar-refractivity contribution in [2.45, 2.75) is 44.4 Å². The number of nitrogens with one attached hydrogen (secondary N) is 1. The number of carbonyl (C=O) groups is 1. The van der Waals surface area contributed by atoms with Gasteiger partial charge in [0.1, 0.15) is 5.92 Å². The van der Waals surface area contributed by atoms with Crippen LogP contribution in [0.5, 0.6) is 0 Å². The van der Waals surface area contributed by atoms with Crippen LogP contribution < -0.4 is 5.32 Å². The van der Waals surface area contributed by atoms with E-state index in [1.54, 1.807) is 0 Å². The van der Waals surface area contributed by atoms with Crippen molar-refractivity contribution in [2.75, 3.05) is 6.26 Å². The number of rotatable bonds is 4. The van der Waals surface area contributed by atoms with E-state index in [1.165, 1.54) is 12.8 Å². The number of hydrogen-bond acceptors (Lipinski definition) is 3. The molecule has 3 unspecified atom stereocenters. The number of nitrogens with zero attached hydrogens (tertiary/aromatic N) is 1. The van der Waals surface area contributed by atoms with E-state index in [1.807, 2.05) is 25.6 Å². The Bertz CT molecular complexity index is 285. The third-order valence-electron chi connectivity index (χ3n) is 3.17. The third kappa shape index (κ3) is 3.15. The van der Waals surface area contributed by atoms with Crippen molar-refractivity contribution >= 4 is 17.7 Å². The van der Waals surface area contributed by atoms with E-state index in [4.69, 9.17) is 5.26 Å². The molecule has 1 amide bonds. The highest BCUT2D eigenvalue weighted by molar-refractivity contribution is 7.99. The van der Waals surface area contributed by atoms with Gasteiger partial charge in [-0.25, -0.2) is 0 Å². The molecule has 0 radical (unpaired) electrons. The maximum absolute atomic E-state index is 11.9. The van der Waals surface area contributed by atoms with Crippen LogP contribution in [0.15, 0.2) is 0 Å². The maximum atomic E-state index is 11.9. The van der Waals surface area contributed by atoms with Crippen molar-refractivity contribution in [1.82, 2.24) is 5.32 Å². The summed E-state index contributed by atoms with van der Waals surface area (Å²) in [6.07, 6.45) is 5.48. The Morgan fingerprint density at radius 1 is 1.50 bits per heavy atom. The second-order valence-electron chi connectivity index (χ2n) is 4.67. The zero-order chi connectivity index (χ0) is 12.1. The minimum Gasteiger partial charge on any atom is -0.351 e. The molecule has 1 rings (SSSR count). The van der Waals surface area contributed by atoms with Gasteiger partial charge in [-0.1, -0.05) is 20.3 Å². The Hall–Kier alpha value is -0.690. The van der Waals surface area contributed by atoms with Crippen molar-refractivity contribution in [3.8, 4) is 6.07 Å². The Morgan fingerprint density at radius 3 is 2.69 bits per heavy atom. The zero-order valence-electron chi connectivity index (χ0n) is 10.2. The second kappa shape index (κ2) is 6.15. The lowest BCUT2D eigenvalue weighted by molar-refractivity contribution is -0.125. The lowest BCUT2D eigenvalue weighted by Crippen LogP contribution is -2.42. The molecular formula is C12H20N2OS. The summed E-state index contributed by atoms with van der Waals surface area (Å²) in [7, 11) is 0. The fourth-order valence-electron chi connectivity index (χ4n) is 2.16. The smallest absolute Gasteiger partial charge is 0.237 e. The van der Waals surface area contributed by atoms with Crippen LogP contribution in [0.4, 0.5) is 0 Å². The van der Waals surface area contributed by atoms with Crippen molar-refractivity contribution in [3.05, 3.63) is 0 Å². The highest BCUT2D eigenvalue weighted by Crippen LogP contribution is 2.28. The van der Waals surface area contributed by atoms with E-state index in [9.17, 15) is 4.79 Å². The monoisotopic (exact) mass is 240 g/mol. The van der Waals surface area contributed by atoms with Gasteiger partial charge in [0.25, 0.3) is 0 Å². The Balaban J connectivity index is 2.53. The van der Waals surface area contributed by atoms with Crippen LogP contribution in [0.3, 0.4) is 0 Å². The molecule has 3 atom stereocenters. The number of thioether (sulfide) groups is 1. The van der Waals surface area contributed by atoms with Gasteiger partial charge in [0.2, 0.25) is 5.91 Å². The van der Waals surface area contributed by atoms with Crippen LogP contribution in [-0.2, 0) is 4.79 Å². The molecule has 90 valence electrons. The van der Waals surface area contributed by atoms with Gasteiger partial charge in [0.05, 0.1) is 6.07 Å². The summed E-state index contributed by atoms with van der Waals surface area (Å²) in [5.74, 6) is -0.523. The Labute approximate surface area is 102 Å². The summed E-state index contributed by atoms with van der Waals surface area (Å²) in [4.78, 5) is 11.9. The maximum Gasteiger partial charge on any atom is 0.237 e. The lowest BCUT2D eigenvalue weighted by atomic mass is 9.96. The van der Waals surface area contributed by atoms with Crippen LogP contribution in [-0.4, -0.2) is 23.5 Å². The molecule has 0 spiro atoms. The third-order valence-corrected chi connectivity index (χ3v) is 4.34. The minimum atomic E-state index is -0.511. The van der Waals surface area contributed by atoms with E-state index in [0.717, 1.165) is 6.42 Å². The van der Waals surface area contributed by atoms with Gasteiger partial charge in [0, 0.05) is 11.3 Å². The summed E-state index contributed by atoms with van der Waals surface area (Å²) < 4.78 is 0. The summed E-state index contributed by atoms with van der Waals surface area (Å²) in [6, 6.07) is 2.35. The number of carbonyl (C=O) groups excluding carboxylic acids is 1. The van der Waals surface area contributed by atoms with E-state index < -0.39 is 5.92 Å². The first-order valence-electron chi connectivity index (χ1n) is 5.83. The van der Waals surface area contributed by atoms with Gasteiger partial charge < -0.3 is 5.32 Å². The van der Waals surface area contributed by atoms with E-state index in [0.29, 0.717) is 5.25 Å². The van der Waals surface area contributed by atoms with Gasteiger partial charge >= 0.3 is 0 Å². The lowest BCUT2D eigenvalue weighted by Gasteiger charge is -2.21. The molecule has 0 aliphatic heterocycles. The normalized spacial score (nSPS) is 26.4. The molecular weight excluding hydrogens is 220 g/mol. The van der Waals surface area contributed by atoms with E-state index in [-0.39, 0.29) is 17.9 Å². The van der Waals surface area contributed by atoms with Crippen LogP contribution in [0.2, 0.25) is 0 Å². The van der Waals surface area contributed by atoms with Gasteiger partial charge in [-0.2, -0.15) is 17.0 Å². The van der Waals surface area contributed by atoms with Crippen molar-refractivity contribution in [2.24, 2.45) is 11.8 Å². The molecule has 0 aromatic rings. The average Bonchev–Trinajstić information content (AvgIpc) is 2.65. The van der Waals surface area contributed by atoms with Crippen molar-refractivity contribution < 1.29 is 4.79 Å². The first kappa shape index (κ1) is 13.4. The molecule has 1 N–H and O–H groups in total. The molecule has 0 saturated heterocycles. The Morgan fingerprint density at radius 2 is 2.19 bits per heavy atom. The molecule has 0 aromatic carbocycles. The standard InChI is InChI=1S/C12H20N2OS/c1-8(2)9(7-13)12(15)14-10-5-4-6-11(10)16-3/h8-11H,4-6H2,1-3H3,(H,14,15). The molecule has 1 aliphatic carbocycles. The molecule has 0 bridgehead atoms. The average molecular weight is 240 g/mol. The highest BCUT2D eigenvalue weighted by Gasteiger charge is 2.30. The number of nitriles is 1. The van der Waals surface area contributed by atoms with Crippen LogP contribution in [0, 0.1) is 23.2 Å². The number of hydrogen-bond donors (Lipinski definition) is 1. The second-order valence-corrected chi connectivity index (χ2v) is 5.75. The van der Waals surface area contributed by atoms with Crippen LogP contribution in [0.25, 0.3) is 0 Å². The van der Waals surface area contributed by atoms with E-state index >= 15 is 0 Å². The summed E-state index contributed by atoms with van der Waals surface area (Å²) in [5, 5.41) is 12.5. The molecule has 3 nitrogen and oxygen atoms in total. The van der Waals surface area contributed by atoms with E-state index in [2.05, 4.69) is 17.6 Å². The first-order chi connectivity index (χ1) is 7.60. The topological polar surface area (TPSA) is 52.9 Å². The summed E-state index contributed by atoms with van der Waals surface area (Å²) >= 11 is 1.81.